The Bertz CT molecular complexity index is 921. The second-order valence-corrected chi connectivity index (χ2v) is 7.77. The molecule has 3 rings (SSSR count). The Labute approximate surface area is 164 Å². The fourth-order valence-electron chi connectivity index (χ4n) is 3.12. The maximum absolute atomic E-state index is 12.9. The Morgan fingerprint density at radius 2 is 1.96 bits per heavy atom. The van der Waals surface area contributed by atoms with Crippen molar-refractivity contribution < 1.29 is 8.95 Å². The average molecular weight is 388 g/mol. The third-order valence-corrected chi connectivity index (χ3v) is 5.99. The molecule has 1 aromatic carbocycles. The lowest BCUT2D eigenvalue weighted by molar-refractivity contribution is 0.193. The molecular formula is C21H29N3O2S. The predicted molar refractivity (Wildman–Crippen MR) is 111 cm³/mol. The van der Waals surface area contributed by atoms with Crippen LogP contribution in [0.1, 0.15) is 37.1 Å². The molecule has 0 N–H and O–H groups in total. The van der Waals surface area contributed by atoms with Crippen LogP contribution < -0.4 is 0 Å². The number of para-hydroxylation sites is 2. The molecule has 0 aliphatic carbocycles. The van der Waals surface area contributed by atoms with Gasteiger partial charge in [0.25, 0.3) is 0 Å². The van der Waals surface area contributed by atoms with Gasteiger partial charge in [0.1, 0.15) is 0 Å². The average Bonchev–Trinajstić information content (AvgIpc) is 2.99. The quantitative estimate of drug-likeness (QED) is 0.544. The molecule has 0 amide bonds. The molecule has 2 heterocycles. The minimum absolute atomic E-state index is 0. The molecule has 0 saturated carbocycles. The number of hydrogen-bond acceptors (Lipinski definition) is 4. The van der Waals surface area contributed by atoms with Crippen LogP contribution in [-0.4, -0.2) is 32.5 Å². The first kappa shape index (κ1) is 21.3. The summed E-state index contributed by atoms with van der Waals surface area (Å²) in [4.78, 5) is 9.03. The third kappa shape index (κ3) is 4.82. The molecule has 0 bridgehead atoms. The molecule has 1 unspecified atom stereocenters. The van der Waals surface area contributed by atoms with E-state index in [-0.39, 0.29) is 7.43 Å². The SMILES string of the molecule is C.COCCCCc1ccnc(CS(=O)c2nc3ccccc3n2C)c1C. The second kappa shape index (κ2) is 9.76. The number of fused-ring (bicyclic) bond motifs is 1. The van der Waals surface area contributed by atoms with Crippen LogP contribution in [0.5, 0.6) is 0 Å². The van der Waals surface area contributed by atoms with Gasteiger partial charge in [-0.15, -0.1) is 0 Å². The molecule has 5 nitrogen and oxygen atoms in total. The summed E-state index contributed by atoms with van der Waals surface area (Å²) in [7, 11) is 2.40. The van der Waals surface area contributed by atoms with Crippen molar-refractivity contribution in [1.29, 1.82) is 0 Å². The van der Waals surface area contributed by atoms with Gasteiger partial charge in [0.05, 0.1) is 33.3 Å². The zero-order valence-electron chi connectivity index (χ0n) is 15.6. The smallest absolute Gasteiger partial charge is 0.200 e. The van der Waals surface area contributed by atoms with Gasteiger partial charge in [-0.25, -0.2) is 4.98 Å². The molecule has 27 heavy (non-hydrogen) atoms. The largest absolute Gasteiger partial charge is 0.385 e. The molecule has 1 atom stereocenters. The Kier molecular flexibility index (Phi) is 7.68. The van der Waals surface area contributed by atoms with E-state index in [0.717, 1.165) is 48.2 Å². The second-order valence-electron chi connectivity index (χ2n) is 6.42. The van der Waals surface area contributed by atoms with Gasteiger partial charge in [-0.1, -0.05) is 19.6 Å². The van der Waals surface area contributed by atoms with E-state index in [4.69, 9.17) is 4.74 Å². The topological polar surface area (TPSA) is 57.0 Å². The molecular weight excluding hydrogens is 358 g/mol. The van der Waals surface area contributed by atoms with Crippen molar-refractivity contribution in [2.75, 3.05) is 13.7 Å². The van der Waals surface area contributed by atoms with E-state index in [0.29, 0.717) is 10.9 Å². The van der Waals surface area contributed by atoms with E-state index >= 15 is 0 Å². The summed E-state index contributed by atoms with van der Waals surface area (Å²) in [6.07, 6.45) is 4.93. The lowest BCUT2D eigenvalue weighted by atomic mass is 10.0. The van der Waals surface area contributed by atoms with E-state index in [1.807, 2.05) is 42.1 Å². The number of unbranched alkanes of at least 4 members (excludes halogenated alkanes) is 1. The highest BCUT2D eigenvalue weighted by atomic mass is 32.2. The highest BCUT2D eigenvalue weighted by molar-refractivity contribution is 7.84. The van der Waals surface area contributed by atoms with Gasteiger partial charge in [0.2, 0.25) is 0 Å². The predicted octanol–water partition coefficient (Wildman–Crippen LogP) is 4.19. The molecule has 3 aromatic rings. The first-order valence-electron chi connectivity index (χ1n) is 8.84. The summed E-state index contributed by atoms with van der Waals surface area (Å²) in [5.74, 6) is 0.384. The van der Waals surface area contributed by atoms with Gasteiger partial charge in [-0.05, 0) is 55.5 Å². The standard InChI is InChI=1S/C20H25N3O2S.CH4/c1-15-16(8-6-7-13-25-3)11-12-21-18(15)14-26(24)20-22-17-9-4-5-10-19(17)23(20)2;/h4-5,9-12H,6-8,13-14H2,1-3H3;1H4. The van der Waals surface area contributed by atoms with Crippen LogP contribution in [0.2, 0.25) is 0 Å². The lowest BCUT2D eigenvalue weighted by Gasteiger charge is -2.10. The number of benzene rings is 1. The van der Waals surface area contributed by atoms with E-state index in [9.17, 15) is 4.21 Å². The third-order valence-electron chi connectivity index (χ3n) is 4.68. The maximum Gasteiger partial charge on any atom is 0.200 e. The number of methoxy groups -OCH3 is 1. The van der Waals surface area contributed by atoms with E-state index in [1.54, 1.807) is 7.11 Å². The summed E-state index contributed by atoms with van der Waals surface area (Å²) in [5, 5.41) is 0.595. The molecule has 0 aliphatic rings. The monoisotopic (exact) mass is 387 g/mol. The number of rotatable bonds is 8. The number of hydrogen-bond donors (Lipinski definition) is 0. The van der Waals surface area contributed by atoms with Crippen molar-refractivity contribution in [3.05, 3.63) is 53.3 Å². The zero-order chi connectivity index (χ0) is 18.5. The fourth-order valence-corrected chi connectivity index (χ4v) is 4.39. The van der Waals surface area contributed by atoms with Crippen molar-refractivity contribution >= 4 is 21.8 Å². The molecule has 146 valence electrons. The van der Waals surface area contributed by atoms with Crippen LogP contribution in [0.4, 0.5) is 0 Å². The fraction of sp³-hybridized carbons (Fsp3) is 0.429. The van der Waals surface area contributed by atoms with E-state index in [1.165, 1.54) is 5.56 Å². The summed E-state index contributed by atoms with van der Waals surface area (Å²) in [6.45, 7) is 2.85. The molecule has 0 aliphatic heterocycles. The van der Waals surface area contributed by atoms with Gasteiger partial charge in [-0.3, -0.25) is 9.19 Å². The Hall–Kier alpha value is -2.05. The van der Waals surface area contributed by atoms with Crippen LogP contribution in [-0.2, 0) is 34.8 Å². The van der Waals surface area contributed by atoms with Gasteiger partial charge in [0.15, 0.2) is 5.16 Å². The van der Waals surface area contributed by atoms with Crippen LogP contribution >= 0.6 is 0 Å². The molecule has 0 saturated heterocycles. The molecule has 0 fully saturated rings. The Morgan fingerprint density at radius 1 is 1.19 bits per heavy atom. The number of imidazole rings is 1. The highest BCUT2D eigenvalue weighted by Crippen LogP contribution is 2.21. The summed E-state index contributed by atoms with van der Waals surface area (Å²) in [5.41, 5.74) is 5.16. The van der Waals surface area contributed by atoms with Gasteiger partial charge < -0.3 is 9.30 Å². The Balaban J connectivity index is 0.00000261. The van der Waals surface area contributed by atoms with Crippen LogP contribution in [0.15, 0.2) is 41.7 Å². The number of nitrogens with zero attached hydrogens (tertiary/aromatic N) is 3. The molecule has 0 spiro atoms. The Morgan fingerprint density at radius 3 is 2.70 bits per heavy atom. The van der Waals surface area contributed by atoms with Gasteiger partial charge >= 0.3 is 0 Å². The first-order valence-corrected chi connectivity index (χ1v) is 10.2. The number of pyridine rings is 1. The van der Waals surface area contributed by atoms with Crippen LogP contribution in [0.25, 0.3) is 11.0 Å². The first-order chi connectivity index (χ1) is 12.6. The molecule has 2 aromatic heterocycles. The van der Waals surface area contributed by atoms with Gasteiger partial charge in [-0.2, -0.15) is 0 Å². The molecule has 0 radical (unpaired) electrons. The van der Waals surface area contributed by atoms with Crippen LogP contribution in [0, 0.1) is 6.92 Å². The maximum atomic E-state index is 12.9. The highest BCUT2D eigenvalue weighted by Gasteiger charge is 2.16. The minimum Gasteiger partial charge on any atom is -0.385 e. The number of aryl methyl sites for hydroxylation is 2. The lowest BCUT2D eigenvalue weighted by Crippen LogP contribution is -2.07. The summed E-state index contributed by atoms with van der Waals surface area (Å²) in [6, 6.07) is 9.91. The normalized spacial score (nSPS) is 12.1. The van der Waals surface area contributed by atoms with Crippen molar-refractivity contribution in [2.24, 2.45) is 7.05 Å². The van der Waals surface area contributed by atoms with Crippen molar-refractivity contribution in [1.82, 2.24) is 14.5 Å². The number of aromatic nitrogens is 3. The van der Waals surface area contributed by atoms with Crippen molar-refractivity contribution in [2.45, 2.75) is 44.5 Å². The van der Waals surface area contributed by atoms with Gasteiger partial charge in [0, 0.05) is 27.0 Å². The number of ether oxygens (including phenoxy) is 1. The zero-order valence-corrected chi connectivity index (χ0v) is 16.4. The summed E-state index contributed by atoms with van der Waals surface area (Å²) >= 11 is 0. The summed E-state index contributed by atoms with van der Waals surface area (Å²) < 4.78 is 20.0. The van der Waals surface area contributed by atoms with E-state index in [2.05, 4.69) is 23.0 Å². The minimum atomic E-state index is -1.24. The van der Waals surface area contributed by atoms with Crippen LogP contribution in [0.3, 0.4) is 0 Å². The van der Waals surface area contributed by atoms with Crippen molar-refractivity contribution in [3.63, 3.8) is 0 Å². The van der Waals surface area contributed by atoms with E-state index < -0.39 is 10.8 Å². The molecule has 6 heteroatoms. The van der Waals surface area contributed by atoms with Crippen molar-refractivity contribution in [3.8, 4) is 0 Å².